The number of aryl methyl sites for hydroxylation is 2. The Morgan fingerprint density at radius 2 is 1.58 bits per heavy atom. The first-order valence-corrected chi connectivity index (χ1v) is 13.2. The summed E-state index contributed by atoms with van der Waals surface area (Å²) in [5.74, 6) is 1.08. The van der Waals surface area contributed by atoms with E-state index in [1.807, 2.05) is 93.6 Å². The summed E-state index contributed by atoms with van der Waals surface area (Å²) in [5, 5.41) is 3.12. The monoisotopic (exact) mass is 516 g/mol. The number of amides is 2. The summed E-state index contributed by atoms with van der Waals surface area (Å²) in [6, 6.07) is 23.0. The highest BCUT2D eigenvalue weighted by Crippen LogP contribution is 2.28. The van der Waals surface area contributed by atoms with Gasteiger partial charge in [-0.15, -0.1) is 0 Å². The number of benzene rings is 3. The minimum absolute atomic E-state index is 0.0166. The number of hydrogen-bond donors (Lipinski definition) is 1. The summed E-state index contributed by atoms with van der Waals surface area (Å²) in [6.45, 7) is 6.43. The summed E-state index contributed by atoms with van der Waals surface area (Å²) in [4.78, 5) is 29.3. The van der Waals surface area contributed by atoms with Crippen LogP contribution in [0.2, 0.25) is 0 Å². The number of hydrogen-bond acceptors (Lipinski definition) is 4. The molecule has 6 nitrogen and oxygen atoms in total. The Kier molecular flexibility index (Phi) is 10.8. The van der Waals surface area contributed by atoms with Crippen molar-refractivity contribution in [1.82, 2.24) is 10.2 Å². The second-order valence-corrected chi connectivity index (χ2v) is 9.66. The minimum Gasteiger partial charge on any atom is -0.493 e. The van der Waals surface area contributed by atoms with Gasteiger partial charge in [0.25, 0.3) is 0 Å². The van der Waals surface area contributed by atoms with Crippen LogP contribution in [-0.4, -0.2) is 43.0 Å². The van der Waals surface area contributed by atoms with Crippen LogP contribution in [0.15, 0.2) is 72.8 Å². The highest BCUT2D eigenvalue weighted by Gasteiger charge is 2.31. The van der Waals surface area contributed by atoms with Crippen LogP contribution < -0.4 is 14.8 Å². The fourth-order valence-electron chi connectivity index (χ4n) is 4.40. The van der Waals surface area contributed by atoms with Crippen LogP contribution in [0.3, 0.4) is 0 Å². The Balaban J connectivity index is 1.92. The van der Waals surface area contributed by atoms with E-state index >= 15 is 0 Å². The minimum atomic E-state index is -0.635. The zero-order chi connectivity index (χ0) is 27.5. The molecule has 0 aromatic heterocycles. The fourth-order valence-corrected chi connectivity index (χ4v) is 4.40. The first kappa shape index (κ1) is 28.8. The van der Waals surface area contributed by atoms with E-state index in [-0.39, 0.29) is 24.3 Å². The van der Waals surface area contributed by atoms with Gasteiger partial charge in [-0.1, -0.05) is 67.6 Å². The first-order valence-electron chi connectivity index (χ1n) is 13.2. The summed E-state index contributed by atoms with van der Waals surface area (Å²) in [6.07, 6.45) is 2.05. The van der Waals surface area contributed by atoms with Crippen LogP contribution in [0.5, 0.6) is 11.5 Å². The van der Waals surface area contributed by atoms with Crippen molar-refractivity contribution >= 4 is 11.8 Å². The predicted octanol–water partition coefficient (Wildman–Crippen LogP) is 5.50. The lowest BCUT2D eigenvalue weighted by atomic mass is 10.00. The van der Waals surface area contributed by atoms with Gasteiger partial charge in [0.1, 0.15) is 6.04 Å². The second-order valence-electron chi connectivity index (χ2n) is 9.66. The largest absolute Gasteiger partial charge is 0.493 e. The zero-order valence-corrected chi connectivity index (χ0v) is 23.2. The first-order chi connectivity index (χ1) is 18.4. The molecule has 3 rings (SSSR count). The van der Waals surface area contributed by atoms with Crippen molar-refractivity contribution in [3.63, 3.8) is 0 Å². The van der Waals surface area contributed by atoms with Gasteiger partial charge < -0.3 is 19.7 Å². The van der Waals surface area contributed by atoms with Crippen molar-refractivity contribution in [3.05, 3.63) is 95.1 Å². The van der Waals surface area contributed by atoms with Gasteiger partial charge in [-0.3, -0.25) is 9.59 Å². The molecule has 0 radical (unpaired) electrons. The zero-order valence-electron chi connectivity index (χ0n) is 23.2. The molecule has 0 aliphatic rings. The molecule has 0 aliphatic heterocycles. The van der Waals surface area contributed by atoms with Gasteiger partial charge in [0.15, 0.2) is 11.5 Å². The van der Waals surface area contributed by atoms with Crippen molar-refractivity contribution in [3.8, 4) is 11.5 Å². The number of methoxy groups -OCH3 is 2. The molecule has 1 N–H and O–H groups in total. The van der Waals surface area contributed by atoms with E-state index in [1.54, 1.807) is 19.1 Å². The SMILES string of the molecule is CCC(C)NC(=O)C(Cc1ccccc1)N(Cc1ccccc1C)C(=O)CCc1ccc(OC)c(OC)c1. The van der Waals surface area contributed by atoms with Crippen molar-refractivity contribution in [1.29, 1.82) is 0 Å². The molecule has 0 saturated heterocycles. The third kappa shape index (κ3) is 7.85. The standard InChI is InChI=1S/C32H40N2O4/c1-6-24(3)33-32(36)28(20-25-13-8-7-9-14-25)34(22-27-15-11-10-12-23(27)2)31(35)19-17-26-16-18-29(37-4)30(21-26)38-5/h7-16,18,21,24,28H,6,17,19-20,22H2,1-5H3,(H,33,36). The van der Waals surface area contributed by atoms with E-state index in [0.717, 1.165) is 28.7 Å². The fraction of sp³-hybridized carbons (Fsp3) is 0.375. The van der Waals surface area contributed by atoms with Gasteiger partial charge in [0, 0.05) is 25.4 Å². The van der Waals surface area contributed by atoms with Crippen LogP contribution in [0.25, 0.3) is 0 Å². The van der Waals surface area contributed by atoms with E-state index in [2.05, 4.69) is 5.32 Å². The van der Waals surface area contributed by atoms with Crippen molar-refractivity contribution in [2.45, 2.75) is 65.1 Å². The number of nitrogens with one attached hydrogen (secondary N) is 1. The molecule has 202 valence electrons. The molecule has 0 saturated carbocycles. The Labute approximate surface area is 227 Å². The molecule has 3 aromatic rings. The molecule has 0 heterocycles. The normalized spacial score (nSPS) is 12.3. The Bertz CT molecular complexity index is 1200. The quantitative estimate of drug-likeness (QED) is 0.326. The number of rotatable bonds is 13. The molecule has 0 spiro atoms. The second kappa shape index (κ2) is 14.2. The number of nitrogens with zero attached hydrogens (tertiary/aromatic N) is 1. The molecule has 2 unspecified atom stereocenters. The van der Waals surface area contributed by atoms with E-state index in [1.165, 1.54) is 0 Å². The summed E-state index contributed by atoms with van der Waals surface area (Å²) in [7, 11) is 3.20. The van der Waals surface area contributed by atoms with Crippen LogP contribution in [-0.2, 0) is 29.0 Å². The molecule has 0 bridgehead atoms. The van der Waals surface area contributed by atoms with Crippen LogP contribution in [0.1, 0.15) is 48.9 Å². The molecule has 6 heteroatoms. The summed E-state index contributed by atoms with van der Waals surface area (Å²) < 4.78 is 10.8. The summed E-state index contributed by atoms with van der Waals surface area (Å²) >= 11 is 0. The average molecular weight is 517 g/mol. The van der Waals surface area contributed by atoms with Gasteiger partial charge in [-0.05, 0) is 61.1 Å². The molecule has 0 fully saturated rings. The lowest BCUT2D eigenvalue weighted by molar-refractivity contribution is -0.141. The number of carbonyl (C=O) groups is 2. The maximum absolute atomic E-state index is 13.9. The van der Waals surface area contributed by atoms with Crippen LogP contribution in [0, 0.1) is 6.92 Å². The topological polar surface area (TPSA) is 67.9 Å². The van der Waals surface area contributed by atoms with Crippen molar-refractivity contribution < 1.29 is 19.1 Å². The Morgan fingerprint density at radius 3 is 2.24 bits per heavy atom. The van der Waals surface area contributed by atoms with Crippen LogP contribution in [0.4, 0.5) is 0 Å². The number of ether oxygens (including phenoxy) is 2. The predicted molar refractivity (Wildman–Crippen MR) is 151 cm³/mol. The highest BCUT2D eigenvalue weighted by atomic mass is 16.5. The van der Waals surface area contributed by atoms with Gasteiger partial charge in [0.2, 0.25) is 11.8 Å². The van der Waals surface area contributed by atoms with Crippen molar-refractivity contribution in [2.24, 2.45) is 0 Å². The lowest BCUT2D eigenvalue weighted by Crippen LogP contribution is -2.52. The third-order valence-corrected chi connectivity index (χ3v) is 6.95. The molecular formula is C32H40N2O4. The Morgan fingerprint density at radius 1 is 0.895 bits per heavy atom. The van der Waals surface area contributed by atoms with Crippen LogP contribution >= 0.6 is 0 Å². The molecule has 2 atom stereocenters. The van der Waals surface area contributed by atoms with E-state index in [9.17, 15) is 9.59 Å². The molecule has 38 heavy (non-hydrogen) atoms. The molecular weight excluding hydrogens is 476 g/mol. The van der Waals surface area contributed by atoms with E-state index < -0.39 is 6.04 Å². The average Bonchev–Trinajstić information content (AvgIpc) is 2.94. The van der Waals surface area contributed by atoms with Gasteiger partial charge in [-0.2, -0.15) is 0 Å². The van der Waals surface area contributed by atoms with E-state index in [4.69, 9.17) is 9.47 Å². The van der Waals surface area contributed by atoms with Crippen molar-refractivity contribution in [2.75, 3.05) is 14.2 Å². The number of carbonyl (C=O) groups excluding carboxylic acids is 2. The highest BCUT2D eigenvalue weighted by molar-refractivity contribution is 5.88. The van der Waals surface area contributed by atoms with E-state index in [0.29, 0.717) is 30.9 Å². The lowest BCUT2D eigenvalue weighted by Gasteiger charge is -2.33. The molecule has 2 amide bonds. The smallest absolute Gasteiger partial charge is 0.243 e. The van der Waals surface area contributed by atoms with Gasteiger partial charge in [-0.25, -0.2) is 0 Å². The van der Waals surface area contributed by atoms with Gasteiger partial charge >= 0.3 is 0 Å². The maximum atomic E-state index is 13.9. The Hall–Kier alpha value is -3.80. The molecule has 3 aromatic carbocycles. The van der Waals surface area contributed by atoms with Gasteiger partial charge in [0.05, 0.1) is 14.2 Å². The summed E-state index contributed by atoms with van der Waals surface area (Å²) in [5.41, 5.74) is 4.10. The molecule has 0 aliphatic carbocycles. The third-order valence-electron chi connectivity index (χ3n) is 6.95. The maximum Gasteiger partial charge on any atom is 0.243 e.